The molecular formula is C19H26F3N3. The molecule has 0 saturated heterocycles. The molecule has 0 bridgehead atoms. The van der Waals surface area contributed by atoms with Crippen molar-refractivity contribution in [2.24, 2.45) is 5.92 Å². The van der Waals surface area contributed by atoms with Gasteiger partial charge in [-0.05, 0) is 17.9 Å². The number of halogens is 3. The lowest BCUT2D eigenvalue weighted by atomic mass is 10.0. The van der Waals surface area contributed by atoms with Crippen molar-refractivity contribution in [2.75, 3.05) is 6.54 Å². The zero-order valence-corrected chi connectivity index (χ0v) is 15.1. The van der Waals surface area contributed by atoms with Gasteiger partial charge in [-0.1, -0.05) is 52.0 Å². The van der Waals surface area contributed by atoms with Crippen molar-refractivity contribution in [1.29, 1.82) is 0 Å². The highest BCUT2D eigenvalue weighted by atomic mass is 19.4. The zero-order valence-electron chi connectivity index (χ0n) is 15.1. The number of hydrogen-bond donors (Lipinski definition) is 1. The van der Waals surface area contributed by atoms with Gasteiger partial charge in [0.25, 0.3) is 0 Å². The number of nitrogens with zero attached hydrogens (tertiary/aromatic N) is 2. The van der Waals surface area contributed by atoms with E-state index in [-0.39, 0.29) is 12.6 Å². The number of alkyl halides is 3. The minimum absolute atomic E-state index is 0.0126. The van der Waals surface area contributed by atoms with Crippen molar-refractivity contribution in [2.45, 2.75) is 52.4 Å². The molecule has 0 amide bonds. The maximum atomic E-state index is 13.4. The van der Waals surface area contributed by atoms with Gasteiger partial charge >= 0.3 is 6.18 Å². The second-order valence-corrected chi connectivity index (χ2v) is 7.12. The van der Waals surface area contributed by atoms with Gasteiger partial charge in [0.1, 0.15) is 6.04 Å². The van der Waals surface area contributed by atoms with Crippen LogP contribution in [-0.2, 0) is 6.42 Å². The van der Waals surface area contributed by atoms with Gasteiger partial charge in [-0.2, -0.15) is 13.2 Å². The van der Waals surface area contributed by atoms with Crippen molar-refractivity contribution < 1.29 is 13.2 Å². The topological polar surface area (TPSA) is 29.9 Å². The largest absolute Gasteiger partial charge is 0.410 e. The molecule has 25 heavy (non-hydrogen) atoms. The van der Waals surface area contributed by atoms with E-state index in [0.717, 1.165) is 16.6 Å². The molecule has 0 spiro atoms. The third-order valence-electron chi connectivity index (χ3n) is 3.95. The first kappa shape index (κ1) is 19.5. The monoisotopic (exact) mass is 353 g/mol. The molecule has 1 aromatic carbocycles. The minimum atomic E-state index is -4.33. The van der Waals surface area contributed by atoms with Crippen LogP contribution < -0.4 is 5.32 Å². The maximum absolute atomic E-state index is 13.4. The predicted molar refractivity (Wildman–Crippen MR) is 94.4 cm³/mol. The standard InChI is InChI=1S/C19H26F3N3/c1-13(2)9-15-5-7-16(8-6-15)17-11-25(12-24-17)18(19(20,21)22)10-23-14(3)4/h5-8,11-14,18,23H,9-10H2,1-4H3/t18-/m1/s1. The third-order valence-corrected chi connectivity index (χ3v) is 3.95. The van der Waals surface area contributed by atoms with Crippen molar-refractivity contribution in [3.63, 3.8) is 0 Å². The molecule has 2 aromatic rings. The summed E-state index contributed by atoms with van der Waals surface area (Å²) in [6, 6.07) is 6.21. The highest BCUT2D eigenvalue weighted by Crippen LogP contribution is 2.31. The molecule has 6 heteroatoms. The lowest BCUT2D eigenvalue weighted by molar-refractivity contribution is -0.166. The molecule has 0 aliphatic carbocycles. The summed E-state index contributed by atoms with van der Waals surface area (Å²) in [6.07, 6.45) is -0.623. The summed E-state index contributed by atoms with van der Waals surface area (Å²) >= 11 is 0. The van der Waals surface area contributed by atoms with E-state index in [1.165, 1.54) is 18.1 Å². The fourth-order valence-corrected chi connectivity index (χ4v) is 2.68. The van der Waals surface area contributed by atoms with Gasteiger partial charge in [-0.25, -0.2) is 4.98 Å². The van der Waals surface area contributed by atoms with Crippen LogP contribution in [0, 0.1) is 5.92 Å². The van der Waals surface area contributed by atoms with E-state index in [1.54, 1.807) is 0 Å². The molecule has 3 nitrogen and oxygen atoms in total. The fourth-order valence-electron chi connectivity index (χ4n) is 2.68. The fraction of sp³-hybridized carbons (Fsp3) is 0.526. The maximum Gasteiger partial charge on any atom is 0.410 e. The van der Waals surface area contributed by atoms with Gasteiger partial charge < -0.3 is 9.88 Å². The summed E-state index contributed by atoms with van der Waals surface area (Å²) in [7, 11) is 0. The molecule has 0 radical (unpaired) electrons. The average molecular weight is 353 g/mol. The summed E-state index contributed by atoms with van der Waals surface area (Å²) in [5.41, 5.74) is 2.59. The lowest BCUT2D eigenvalue weighted by Crippen LogP contribution is -2.37. The Balaban J connectivity index is 2.19. The second-order valence-electron chi connectivity index (χ2n) is 7.12. The van der Waals surface area contributed by atoms with Crippen LogP contribution in [-0.4, -0.2) is 28.3 Å². The molecule has 0 unspecified atom stereocenters. The van der Waals surface area contributed by atoms with Crippen molar-refractivity contribution >= 4 is 0 Å². The van der Waals surface area contributed by atoms with Crippen LogP contribution in [0.2, 0.25) is 0 Å². The smallest absolute Gasteiger partial charge is 0.323 e. The Morgan fingerprint density at radius 1 is 1.08 bits per heavy atom. The van der Waals surface area contributed by atoms with Crippen LogP contribution in [0.4, 0.5) is 13.2 Å². The molecule has 1 atom stereocenters. The Morgan fingerprint density at radius 3 is 2.24 bits per heavy atom. The highest BCUT2D eigenvalue weighted by Gasteiger charge is 2.40. The number of rotatable bonds is 7. The molecule has 1 aromatic heterocycles. The molecule has 0 fully saturated rings. The van der Waals surface area contributed by atoms with Crippen LogP contribution >= 0.6 is 0 Å². The number of benzene rings is 1. The van der Waals surface area contributed by atoms with Gasteiger partial charge in [-0.3, -0.25) is 0 Å². The minimum Gasteiger partial charge on any atom is -0.323 e. The molecule has 2 rings (SSSR count). The molecule has 138 valence electrons. The summed E-state index contributed by atoms with van der Waals surface area (Å²) in [5.74, 6) is 0.561. The Kier molecular flexibility index (Phi) is 6.27. The Hall–Kier alpha value is -1.82. The summed E-state index contributed by atoms with van der Waals surface area (Å²) in [4.78, 5) is 4.17. The molecular weight excluding hydrogens is 327 g/mol. The number of nitrogens with one attached hydrogen (secondary N) is 1. The van der Waals surface area contributed by atoms with E-state index in [2.05, 4.69) is 24.1 Å². The van der Waals surface area contributed by atoms with Crippen LogP contribution in [0.1, 0.15) is 39.3 Å². The van der Waals surface area contributed by atoms with Gasteiger partial charge in [-0.15, -0.1) is 0 Å². The third kappa shape index (κ3) is 5.59. The molecule has 0 aliphatic rings. The van der Waals surface area contributed by atoms with Crippen LogP contribution in [0.3, 0.4) is 0 Å². The van der Waals surface area contributed by atoms with Crippen molar-refractivity contribution in [3.8, 4) is 11.3 Å². The molecule has 0 saturated carbocycles. The first-order valence-corrected chi connectivity index (χ1v) is 8.59. The van der Waals surface area contributed by atoms with E-state index in [4.69, 9.17) is 0 Å². The van der Waals surface area contributed by atoms with Crippen LogP contribution in [0.15, 0.2) is 36.8 Å². The quantitative estimate of drug-likeness (QED) is 0.771. The molecule has 1 heterocycles. The van der Waals surface area contributed by atoms with Crippen LogP contribution in [0.25, 0.3) is 11.3 Å². The number of hydrogen-bond acceptors (Lipinski definition) is 2. The van der Waals surface area contributed by atoms with E-state index in [9.17, 15) is 13.2 Å². The van der Waals surface area contributed by atoms with E-state index in [1.807, 2.05) is 38.1 Å². The first-order valence-electron chi connectivity index (χ1n) is 8.59. The van der Waals surface area contributed by atoms with Crippen molar-refractivity contribution in [3.05, 3.63) is 42.4 Å². The number of imidazole rings is 1. The normalized spacial score (nSPS) is 13.6. The first-order chi connectivity index (χ1) is 11.7. The van der Waals surface area contributed by atoms with Gasteiger partial charge in [0.2, 0.25) is 0 Å². The van der Waals surface area contributed by atoms with Gasteiger partial charge in [0.05, 0.1) is 12.0 Å². The van der Waals surface area contributed by atoms with Crippen molar-refractivity contribution in [1.82, 2.24) is 14.9 Å². The summed E-state index contributed by atoms with van der Waals surface area (Å²) < 4.78 is 41.2. The Morgan fingerprint density at radius 2 is 1.72 bits per heavy atom. The molecule has 1 N–H and O–H groups in total. The summed E-state index contributed by atoms with van der Waals surface area (Å²) in [5, 5.41) is 2.86. The Bertz CT molecular complexity index is 657. The molecule has 0 aliphatic heterocycles. The highest BCUT2D eigenvalue weighted by molar-refractivity contribution is 5.58. The van der Waals surface area contributed by atoms with E-state index >= 15 is 0 Å². The lowest BCUT2D eigenvalue weighted by Gasteiger charge is -2.23. The number of aromatic nitrogens is 2. The van der Waals surface area contributed by atoms with Crippen LogP contribution in [0.5, 0.6) is 0 Å². The summed E-state index contributed by atoms with van der Waals surface area (Å²) in [6.45, 7) is 7.78. The zero-order chi connectivity index (χ0) is 18.6. The van der Waals surface area contributed by atoms with E-state index in [0.29, 0.717) is 11.6 Å². The van der Waals surface area contributed by atoms with Gasteiger partial charge in [0, 0.05) is 24.3 Å². The van der Waals surface area contributed by atoms with E-state index < -0.39 is 12.2 Å². The van der Waals surface area contributed by atoms with Gasteiger partial charge in [0.15, 0.2) is 0 Å². The second kappa shape index (κ2) is 8.04. The predicted octanol–water partition coefficient (Wildman–Crippen LogP) is 4.85. The average Bonchev–Trinajstić information content (AvgIpc) is 2.95. The Labute approximate surface area is 147 Å². The SMILES string of the molecule is CC(C)Cc1ccc(-c2cn([C@H](CNC(C)C)C(F)(F)F)cn2)cc1.